The first-order chi connectivity index (χ1) is 53.6. The lowest BCUT2D eigenvalue weighted by Crippen LogP contribution is -2.30. The molecule has 0 radical (unpaired) electrons. The predicted molar refractivity (Wildman–Crippen MR) is 460 cm³/mol. The van der Waals surface area contributed by atoms with E-state index >= 15 is 0 Å². The molecular weight excluding hydrogens is 1440 g/mol. The van der Waals surface area contributed by atoms with Crippen LogP contribution in [0.2, 0.25) is 0 Å². The quantitative estimate of drug-likeness (QED) is 0.0222. The van der Waals surface area contributed by atoms with Crippen LogP contribution in [-0.2, 0) is 65.4 Å². The third kappa shape index (κ3) is 85.8. The number of carbonyl (C=O) groups excluding carboxylic acids is 4. The maximum absolute atomic E-state index is 13.2. The molecule has 111 heavy (non-hydrogen) atoms. The largest absolute Gasteiger partial charge is 0.472 e. The van der Waals surface area contributed by atoms with Gasteiger partial charge in [-0.3, -0.25) is 37.3 Å². The number of phosphoric acid groups is 2. The van der Waals surface area contributed by atoms with Gasteiger partial charge in [-0.1, -0.05) is 434 Å². The van der Waals surface area contributed by atoms with E-state index in [9.17, 15) is 43.2 Å². The van der Waals surface area contributed by atoms with Crippen molar-refractivity contribution >= 4 is 39.5 Å². The average Bonchev–Trinajstić information content (AvgIpc) is 0.898. The summed E-state index contributed by atoms with van der Waals surface area (Å²) >= 11 is 0. The Hall–Kier alpha value is -1.94. The molecule has 0 aliphatic carbocycles. The van der Waals surface area contributed by atoms with Gasteiger partial charge in [-0.2, -0.15) is 0 Å². The van der Waals surface area contributed by atoms with Gasteiger partial charge in [0.05, 0.1) is 26.4 Å². The van der Waals surface area contributed by atoms with E-state index in [4.69, 9.17) is 37.0 Å². The van der Waals surface area contributed by atoms with E-state index < -0.39 is 97.5 Å². The van der Waals surface area contributed by atoms with Crippen LogP contribution in [0.1, 0.15) is 486 Å². The van der Waals surface area contributed by atoms with Gasteiger partial charge in [-0.05, 0) is 49.4 Å². The topological polar surface area (TPSA) is 237 Å². The van der Waals surface area contributed by atoms with Crippen LogP contribution < -0.4 is 0 Å². The van der Waals surface area contributed by atoms with Gasteiger partial charge in [-0.25, -0.2) is 9.13 Å². The highest BCUT2D eigenvalue weighted by Gasteiger charge is 2.31. The third-order valence-corrected chi connectivity index (χ3v) is 23.5. The lowest BCUT2D eigenvalue weighted by atomic mass is 10.0. The number of unbranched alkanes of at least 4 members (excludes halogenated alkanes) is 55. The Morgan fingerprint density at radius 2 is 0.378 bits per heavy atom. The number of aliphatic hydroxyl groups is 1. The summed E-state index contributed by atoms with van der Waals surface area (Å²) in [6.45, 7) is 14.4. The third-order valence-electron chi connectivity index (χ3n) is 21.6. The van der Waals surface area contributed by atoms with E-state index in [0.717, 1.165) is 114 Å². The SMILES string of the molecule is CC(C)CCCCCCCCCCCCCCCCCCCCC(=O)OC[C@H](COP(=O)(O)OCC(O)COP(=O)(O)OC[C@@H](COC(=O)CCCCCCCCCC(C)C)OC(=O)CCCCCCCCCCCCCCCCCCC(C)C)OC(=O)CCCCCCCCCCCCCCCCCCCCC(C)C. The molecule has 0 saturated heterocycles. The van der Waals surface area contributed by atoms with Crippen molar-refractivity contribution in [3.63, 3.8) is 0 Å². The first-order valence-corrected chi connectivity index (χ1v) is 50.2. The first-order valence-electron chi connectivity index (χ1n) is 47.2. The smallest absolute Gasteiger partial charge is 0.462 e. The molecule has 5 atom stereocenters. The molecule has 0 aromatic heterocycles. The van der Waals surface area contributed by atoms with E-state index in [-0.39, 0.29) is 25.7 Å². The Labute approximate surface area is 683 Å². The van der Waals surface area contributed by atoms with Gasteiger partial charge in [-0.15, -0.1) is 0 Å². The zero-order valence-electron chi connectivity index (χ0n) is 73.6. The van der Waals surface area contributed by atoms with E-state index in [2.05, 4.69) is 55.4 Å². The van der Waals surface area contributed by atoms with Crippen molar-refractivity contribution in [3.8, 4) is 0 Å². The molecule has 0 aliphatic rings. The molecule has 0 saturated carbocycles. The van der Waals surface area contributed by atoms with Crippen molar-refractivity contribution in [3.05, 3.63) is 0 Å². The molecule has 3 unspecified atom stereocenters. The standard InChI is InChI=1S/C92H180O17P2/c1-82(2)68-60-52-44-37-31-25-19-13-9-11-15-22-28-34-40-48-56-64-72-89(94)102-78-87(108-91(96)74-66-58-49-41-35-29-23-16-12-10-14-20-26-32-38-45-53-61-69-83(3)4)80-106-110(98,99)104-76-86(93)77-105-111(100,101)107-81-88(79-103-90(95)73-65-57-51-43-47-55-63-71-85(7)8)109-92(97)75-67-59-50-42-36-30-24-18-17-21-27-33-39-46-54-62-70-84(5)6/h82-88,93H,9-81H2,1-8H3,(H,98,99)(H,100,101)/t86?,87-,88-/m1/s1. The molecule has 0 amide bonds. The molecule has 0 aromatic rings. The summed E-state index contributed by atoms with van der Waals surface area (Å²) in [5.41, 5.74) is 0. The monoisotopic (exact) mass is 1620 g/mol. The molecule has 0 rings (SSSR count). The number of ether oxygens (including phenoxy) is 4. The van der Waals surface area contributed by atoms with E-state index in [1.54, 1.807) is 0 Å². The molecule has 660 valence electrons. The summed E-state index contributed by atoms with van der Waals surface area (Å²) in [5.74, 6) is 1.06. The van der Waals surface area contributed by atoms with E-state index in [0.29, 0.717) is 31.6 Å². The molecule has 3 N–H and O–H groups in total. The van der Waals surface area contributed by atoms with Crippen LogP contribution in [0.15, 0.2) is 0 Å². The molecule has 17 nitrogen and oxygen atoms in total. The molecule has 19 heteroatoms. The average molecular weight is 1620 g/mol. The van der Waals surface area contributed by atoms with Crippen LogP contribution in [0.3, 0.4) is 0 Å². The summed E-state index contributed by atoms with van der Waals surface area (Å²) in [5, 5.41) is 10.7. The van der Waals surface area contributed by atoms with Crippen molar-refractivity contribution in [2.24, 2.45) is 23.7 Å². The number of hydrogen-bond acceptors (Lipinski definition) is 15. The lowest BCUT2D eigenvalue weighted by molar-refractivity contribution is -0.161. The van der Waals surface area contributed by atoms with Gasteiger partial charge in [0, 0.05) is 25.7 Å². The summed E-state index contributed by atoms with van der Waals surface area (Å²) in [6.07, 6.45) is 72.5. The number of phosphoric ester groups is 2. The molecule has 0 bridgehead atoms. The molecule has 0 fully saturated rings. The van der Waals surface area contributed by atoms with Gasteiger partial charge < -0.3 is 33.8 Å². The zero-order valence-corrected chi connectivity index (χ0v) is 75.4. The van der Waals surface area contributed by atoms with E-state index in [1.807, 2.05) is 0 Å². The predicted octanol–water partition coefficient (Wildman–Crippen LogP) is 28.3. The Morgan fingerprint density at radius 3 is 0.559 bits per heavy atom. The van der Waals surface area contributed by atoms with Crippen LogP contribution in [-0.4, -0.2) is 96.7 Å². The van der Waals surface area contributed by atoms with Crippen LogP contribution in [0.25, 0.3) is 0 Å². The molecule has 0 heterocycles. The van der Waals surface area contributed by atoms with Crippen LogP contribution in [0.4, 0.5) is 0 Å². The maximum Gasteiger partial charge on any atom is 0.472 e. The number of esters is 4. The molecular formula is C92H180O17P2. The van der Waals surface area contributed by atoms with Crippen molar-refractivity contribution in [2.75, 3.05) is 39.6 Å². The second-order valence-electron chi connectivity index (χ2n) is 35.0. The highest BCUT2D eigenvalue weighted by molar-refractivity contribution is 7.47. The first kappa shape index (κ1) is 109. The van der Waals surface area contributed by atoms with Crippen LogP contribution >= 0.6 is 15.6 Å². The van der Waals surface area contributed by atoms with Crippen molar-refractivity contribution in [1.82, 2.24) is 0 Å². The molecule has 0 aromatic carbocycles. The lowest BCUT2D eigenvalue weighted by Gasteiger charge is -2.21. The van der Waals surface area contributed by atoms with Crippen LogP contribution in [0, 0.1) is 23.7 Å². The van der Waals surface area contributed by atoms with Crippen LogP contribution in [0.5, 0.6) is 0 Å². The Balaban J connectivity index is 5.22. The van der Waals surface area contributed by atoms with Crippen molar-refractivity contribution < 1.29 is 80.2 Å². The normalized spacial score (nSPS) is 13.8. The second-order valence-corrected chi connectivity index (χ2v) is 37.9. The molecule has 0 spiro atoms. The summed E-state index contributed by atoms with van der Waals surface area (Å²) in [7, 11) is -9.94. The van der Waals surface area contributed by atoms with Gasteiger partial charge in [0.2, 0.25) is 0 Å². The van der Waals surface area contributed by atoms with Crippen molar-refractivity contribution in [1.29, 1.82) is 0 Å². The highest BCUT2D eigenvalue weighted by Crippen LogP contribution is 2.45. The summed E-state index contributed by atoms with van der Waals surface area (Å²) in [4.78, 5) is 73.4. The summed E-state index contributed by atoms with van der Waals surface area (Å²) in [6, 6.07) is 0. The Kier molecular flexibility index (Phi) is 79.1. The van der Waals surface area contributed by atoms with Gasteiger partial charge in [0.25, 0.3) is 0 Å². The summed E-state index contributed by atoms with van der Waals surface area (Å²) < 4.78 is 69.1. The minimum atomic E-state index is -4.97. The highest BCUT2D eigenvalue weighted by atomic mass is 31.2. The zero-order chi connectivity index (χ0) is 81.6. The fraction of sp³-hybridized carbons (Fsp3) is 0.957. The fourth-order valence-corrected chi connectivity index (χ4v) is 16.0. The maximum atomic E-state index is 13.2. The Bertz CT molecular complexity index is 2150. The minimum absolute atomic E-state index is 0.107. The number of hydrogen-bond donors (Lipinski definition) is 3. The Morgan fingerprint density at radius 1 is 0.225 bits per heavy atom. The van der Waals surface area contributed by atoms with Crippen molar-refractivity contribution in [2.45, 2.75) is 504 Å². The number of aliphatic hydroxyl groups excluding tert-OH is 1. The number of carbonyl (C=O) groups is 4. The molecule has 0 aliphatic heterocycles. The minimum Gasteiger partial charge on any atom is -0.462 e. The fourth-order valence-electron chi connectivity index (χ4n) is 14.4. The second kappa shape index (κ2) is 80.5. The van der Waals surface area contributed by atoms with E-state index in [1.165, 1.54) is 283 Å². The van der Waals surface area contributed by atoms with Gasteiger partial charge >= 0.3 is 39.5 Å². The van der Waals surface area contributed by atoms with Gasteiger partial charge in [0.1, 0.15) is 19.3 Å². The van der Waals surface area contributed by atoms with Gasteiger partial charge in [0.15, 0.2) is 12.2 Å². The number of rotatable bonds is 89.